The molecule has 1 heterocycles. The molecule has 0 saturated carbocycles. The highest BCUT2D eigenvalue weighted by atomic mass is 35.5. The summed E-state index contributed by atoms with van der Waals surface area (Å²) in [5.41, 5.74) is 1.80. The van der Waals surface area contributed by atoms with Crippen molar-refractivity contribution in [2.75, 3.05) is 32.9 Å². The van der Waals surface area contributed by atoms with Crippen molar-refractivity contribution < 1.29 is 19.0 Å². The first-order valence-electron chi connectivity index (χ1n) is 9.15. The number of carbonyl (C=O) groups is 1. The molecule has 7 heteroatoms. The number of hydrogen-bond donors (Lipinski definition) is 0. The van der Waals surface area contributed by atoms with Gasteiger partial charge in [-0.3, -0.25) is 4.79 Å². The van der Waals surface area contributed by atoms with Crippen LogP contribution >= 0.6 is 23.2 Å². The fourth-order valence-electron chi connectivity index (χ4n) is 2.93. The summed E-state index contributed by atoms with van der Waals surface area (Å²) in [4.78, 5) is 14.1. The molecule has 5 nitrogen and oxygen atoms in total. The molecule has 1 atom stereocenters. The van der Waals surface area contributed by atoms with E-state index in [-0.39, 0.29) is 18.6 Å². The molecule has 0 aromatic heterocycles. The van der Waals surface area contributed by atoms with Gasteiger partial charge in [-0.2, -0.15) is 0 Å². The second-order valence-corrected chi connectivity index (χ2v) is 7.34. The number of carbonyl (C=O) groups excluding carboxylic acids is 1. The number of rotatable bonds is 8. The molecule has 1 fully saturated rings. The first kappa shape index (κ1) is 21.1. The Bertz CT molecular complexity index is 752. The standard InChI is InChI=1S/C21H23Cl2NO4/c22-19-7-4-8-20(23)18(19)14-27-13-17-11-24(9-10-28-17)21(25)15-26-12-16-5-2-1-3-6-16/h1-8,17H,9-15H2. The molecule has 0 N–H and O–H groups in total. The van der Waals surface area contributed by atoms with Crippen LogP contribution in [-0.2, 0) is 32.2 Å². The number of ether oxygens (including phenoxy) is 3. The number of benzene rings is 2. The van der Waals surface area contributed by atoms with E-state index in [4.69, 9.17) is 37.4 Å². The third kappa shape index (κ3) is 6.19. The monoisotopic (exact) mass is 423 g/mol. The molecule has 1 amide bonds. The summed E-state index contributed by atoms with van der Waals surface area (Å²) in [6.45, 7) is 2.64. The largest absolute Gasteiger partial charge is 0.374 e. The van der Waals surface area contributed by atoms with Crippen molar-refractivity contribution in [1.29, 1.82) is 0 Å². The Labute approximate surface area is 175 Å². The van der Waals surface area contributed by atoms with Crippen molar-refractivity contribution in [1.82, 2.24) is 4.90 Å². The Hall–Kier alpha value is -1.63. The molecule has 1 aliphatic rings. The lowest BCUT2D eigenvalue weighted by atomic mass is 10.2. The van der Waals surface area contributed by atoms with E-state index in [0.717, 1.165) is 11.1 Å². The molecule has 150 valence electrons. The normalized spacial score (nSPS) is 16.9. The van der Waals surface area contributed by atoms with E-state index in [1.54, 1.807) is 23.1 Å². The van der Waals surface area contributed by atoms with Crippen molar-refractivity contribution in [3.05, 3.63) is 69.7 Å². The topological polar surface area (TPSA) is 48.0 Å². The summed E-state index contributed by atoms with van der Waals surface area (Å²) >= 11 is 12.3. The third-order valence-electron chi connectivity index (χ3n) is 4.44. The average Bonchev–Trinajstić information content (AvgIpc) is 2.71. The molecular weight excluding hydrogens is 401 g/mol. The van der Waals surface area contributed by atoms with Gasteiger partial charge in [-0.25, -0.2) is 0 Å². The highest BCUT2D eigenvalue weighted by Gasteiger charge is 2.24. The van der Waals surface area contributed by atoms with Crippen LogP contribution in [0.15, 0.2) is 48.5 Å². The molecule has 0 bridgehead atoms. The van der Waals surface area contributed by atoms with Crippen molar-refractivity contribution in [3.8, 4) is 0 Å². The van der Waals surface area contributed by atoms with E-state index < -0.39 is 0 Å². The van der Waals surface area contributed by atoms with Gasteiger partial charge >= 0.3 is 0 Å². The van der Waals surface area contributed by atoms with Crippen LogP contribution in [0.4, 0.5) is 0 Å². The van der Waals surface area contributed by atoms with Gasteiger partial charge in [0.25, 0.3) is 0 Å². The van der Waals surface area contributed by atoms with Crippen LogP contribution in [-0.4, -0.2) is 49.8 Å². The summed E-state index contributed by atoms with van der Waals surface area (Å²) in [5, 5.41) is 1.15. The summed E-state index contributed by atoms with van der Waals surface area (Å²) in [6.07, 6.45) is -0.187. The van der Waals surface area contributed by atoms with Crippen LogP contribution < -0.4 is 0 Å². The highest BCUT2D eigenvalue weighted by Crippen LogP contribution is 2.25. The van der Waals surface area contributed by atoms with Crippen molar-refractivity contribution in [2.45, 2.75) is 19.3 Å². The first-order valence-corrected chi connectivity index (χ1v) is 9.91. The number of amides is 1. The van der Waals surface area contributed by atoms with E-state index >= 15 is 0 Å². The van der Waals surface area contributed by atoms with E-state index in [1.165, 1.54) is 0 Å². The molecular formula is C21H23Cl2NO4. The number of halogens is 2. The Balaban J connectivity index is 1.40. The summed E-state index contributed by atoms with van der Waals surface area (Å²) in [6, 6.07) is 15.1. The Morgan fingerprint density at radius 3 is 2.54 bits per heavy atom. The molecule has 2 aromatic carbocycles. The lowest BCUT2D eigenvalue weighted by Gasteiger charge is -2.32. The first-order chi connectivity index (χ1) is 13.6. The minimum Gasteiger partial charge on any atom is -0.374 e. The van der Waals surface area contributed by atoms with Crippen LogP contribution in [0.25, 0.3) is 0 Å². The minimum absolute atomic E-state index is 0.0432. The van der Waals surface area contributed by atoms with Gasteiger partial charge in [-0.15, -0.1) is 0 Å². The van der Waals surface area contributed by atoms with E-state index in [9.17, 15) is 4.79 Å². The smallest absolute Gasteiger partial charge is 0.248 e. The third-order valence-corrected chi connectivity index (χ3v) is 5.15. The van der Waals surface area contributed by atoms with Gasteiger partial charge < -0.3 is 19.1 Å². The van der Waals surface area contributed by atoms with Crippen molar-refractivity contribution in [2.24, 2.45) is 0 Å². The number of nitrogens with zero attached hydrogens (tertiary/aromatic N) is 1. The summed E-state index contributed by atoms with van der Waals surface area (Å²) in [7, 11) is 0. The van der Waals surface area contributed by atoms with E-state index in [1.807, 2.05) is 30.3 Å². The zero-order valence-corrected chi connectivity index (χ0v) is 17.0. The minimum atomic E-state index is -0.187. The lowest BCUT2D eigenvalue weighted by molar-refractivity contribution is -0.146. The van der Waals surface area contributed by atoms with Gasteiger partial charge in [0.15, 0.2) is 0 Å². The van der Waals surface area contributed by atoms with Crippen LogP contribution in [0.1, 0.15) is 11.1 Å². The molecule has 1 aliphatic heterocycles. The second kappa shape index (κ2) is 10.8. The quantitative estimate of drug-likeness (QED) is 0.644. The molecule has 2 aromatic rings. The van der Waals surface area contributed by atoms with E-state index in [2.05, 4.69) is 0 Å². The molecule has 1 unspecified atom stereocenters. The van der Waals surface area contributed by atoms with Gasteiger partial charge in [0.05, 0.1) is 32.5 Å². The van der Waals surface area contributed by atoms with Gasteiger partial charge in [-0.05, 0) is 17.7 Å². The average molecular weight is 424 g/mol. The zero-order chi connectivity index (χ0) is 19.8. The predicted octanol–water partition coefficient (Wildman–Crippen LogP) is 3.95. The summed E-state index contributed by atoms with van der Waals surface area (Å²) < 4.78 is 17.0. The molecule has 0 aliphatic carbocycles. The molecule has 28 heavy (non-hydrogen) atoms. The zero-order valence-electron chi connectivity index (χ0n) is 15.5. The molecule has 0 radical (unpaired) electrons. The maximum atomic E-state index is 12.4. The van der Waals surface area contributed by atoms with Crippen molar-refractivity contribution in [3.63, 3.8) is 0 Å². The van der Waals surface area contributed by atoms with Crippen LogP contribution in [0.5, 0.6) is 0 Å². The highest BCUT2D eigenvalue weighted by molar-refractivity contribution is 6.35. The van der Waals surface area contributed by atoms with Crippen LogP contribution in [0.2, 0.25) is 10.0 Å². The fraction of sp³-hybridized carbons (Fsp3) is 0.381. The second-order valence-electron chi connectivity index (χ2n) is 6.53. The van der Waals surface area contributed by atoms with Crippen molar-refractivity contribution >= 4 is 29.1 Å². The van der Waals surface area contributed by atoms with Gasteiger partial charge in [-0.1, -0.05) is 59.6 Å². The number of hydrogen-bond acceptors (Lipinski definition) is 4. The molecule has 0 spiro atoms. The van der Waals surface area contributed by atoms with Crippen LogP contribution in [0.3, 0.4) is 0 Å². The fourth-order valence-corrected chi connectivity index (χ4v) is 3.44. The molecule has 3 rings (SSSR count). The Morgan fingerprint density at radius 2 is 1.79 bits per heavy atom. The molecule has 1 saturated heterocycles. The number of morpholine rings is 1. The Morgan fingerprint density at radius 1 is 1.04 bits per heavy atom. The maximum Gasteiger partial charge on any atom is 0.248 e. The van der Waals surface area contributed by atoms with Gasteiger partial charge in [0.1, 0.15) is 6.61 Å². The lowest BCUT2D eigenvalue weighted by Crippen LogP contribution is -2.48. The Kier molecular flexibility index (Phi) is 8.13. The summed E-state index contributed by atoms with van der Waals surface area (Å²) in [5.74, 6) is -0.0432. The maximum absolute atomic E-state index is 12.4. The SMILES string of the molecule is O=C(COCc1ccccc1)N1CCOC(COCc2c(Cl)cccc2Cl)C1. The van der Waals surface area contributed by atoms with Gasteiger partial charge in [0, 0.05) is 28.7 Å². The van der Waals surface area contributed by atoms with Crippen LogP contribution in [0, 0.1) is 0 Å². The van der Waals surface area contributed by atoms with Gasteiger partial charge in [0.2, 0.25) is 5.91 Å². The van der Waals surface area contributed by atoms with E-state index in [0.29, 0.717) is 49.6 Å². The predicted molar refractivity (Wildman–Crippen MR) is 109 cm³/mol.